The van der Waals surface area contributed by atoms with Gasteiger partial charge in [-0.2, -0.15) is 0 Å². The van der Waals surface area contributed by atoms with Crippen molar-refractivity contribution >= 4 is 28.7 Å². The number of ketones is 3. The van der Waals surface area contributed by atoms with Gasteiger partial charge in [-0.05, 0) is 23.8 Å². The zero-order valence-corrected chi connectivity index (χ0v) is 12.2. The molecule has 0 atom stereocenters. The van der Waals surface area contributed by atoms with Gasteiger partial charge in [-0.3, -0.25) is 14.4 Å². The Balaban J connectivity index is 2.04. The highest BCUT2D eigenvalue weighted by atomic mass is 32.1. The average Bonchev–Trinajstić information content (AvgIpc) is 2.90. The van der Waals surface area contributed by atoms with E-state index in [9.17, 15) is 18.8 Å². The molecule has 108 valence electrons. The molecule has 5 heteroatoms. The number of thiophene rings is 1. The maximum absolute atomic E-state index is 12.8. The molecule has 0 N–H and O–H groups in total. The first-order chi connectivity index (χ1) is 9.95. The molecule has 0 unspecified atom stereocenters. The van der Waals surface area contributed by atoms with E-state index in [1.165, 1.54) is 23.5 Å². The van der Waals surface area contributed by atoms with Gasteiger partial charge in [0.2, 0.25) is 5.78 Å². The summed E-state index contributed by atoms with van der Waals surface area (Å²) in [6.45, 7) is 1.16. The van der Waals surface area contributed by atoms with Crippen molar-refractivity contribution in [2.45, 2.75) is 19.8 Å². The molecule has 0 amide bonds. The lowest BCUT2D eigenvalue weighted by atomic mass is 10.1. The molecule has 0 aliphatic carbocycles. The first-order valence-electron chi connectivity index (χ1n) is 6.34. The van der Waals surface area contributed by atoms with Gasteiger partial charge in [-0.1, -0.05) is 12.1 Å². The third kappa shape index (κ3) is 4.16. The van der Waals surface area contributed by atoms with Crippen molar-refractivity contribution in [3.05, 3.63) is 57.5 Å². The fourth-order valence-electron chi connectivity index (χ4n) is 1.80. The van der Waals surface area contributed by atoms with Crippen LogP contribution in [0.1, 0.15) is 34.1 Å². The summed E-state index contributed by atoms with van der Waals surface area (Å²) in [6.07, 6.45) is 0.209. The standard InChI is InChI=1S/C16H13FO3S/c1-10(18)15(19)8-16(20)12-7-14(21-9-12)6-11-2-4-13(17)5-3-11/h2-5,7,9H,6,8H2,1H3. The monoisotopic (exact) mass is 304 g/mol. The van der Waals surface area contributed by atoms with Crippen molar-refractivity contribution < 1.29 is 18.8 Å². The number of hydrogen-bond acceptors (Lipinski definition) is 4. The van der Waals surface area contributed by atoms with Gasteiger partial charge in [0, 0.05) is 29.2 Å². The van der Waals surface area contributed by atoms with Crippen molar-refractivity contribution in [2.75, 3.05) is 0 Å². The topological polar surface area (TPSA) is 51.2 Å². The Bertz CT molecular complexity index is 686. The summed E-state index contributed by atoms with van der Waals surface area (Å²) in [5, 5.41) is 1.68. The molecule has 0 fully saturated rings. The fraction of sp³-hybridized carbons (Fsp3) is 0.188. The van der Waals surface area contributed by atoms with E-state index in [4.69, 9.17) is 0 Å². The summed E-state index contributed by atoms with van der Waals surface area (Å²) < 4.78 is 12.8. The summed E-state index contributed by atoms with van der Waals surface area (Å²) in [7, 11) is 0. The van der Waals surface area contributed by atoms with Crippen LogP contribution in [-0.4, -0.2) is 17.3 Å². The van der Waals surface area contributed by atoms with E-state index >= 15 is 0 Å². The van der Waals surface area contributed by atoms with Crippen LogP contribution >= 0.6 is 11.3 Å². The molecule has 3 nitrogen and oxygen atoms in total. The van der Waals surface area contributed by atoms with Crippen LogP contribution in [0.25, 0.3) is 0 Å². The van der Waals surface area contributed by atoms with E-state index in [2.05, 4.69) is 0 Å². The molecule has 0 bridgehead atoms. The number of Topliss-reactive ketones (excluding diaryl/α,β-unsaturated/α-hetero) is 3. The van der Waals surface area contributed by atoms with Crippen LogP contribution in [-0.2, 0) is 16.0 Å². The fourth-order valence-corrected chi connectivity index (χ4v) is 2.72. The smallest absolute Gasteiger partial charge is 0.205 e. The first kappa shape index (κ1) is 15.3. The van der Waals surface area contributed by atoms with Gasteiger partial charge in [-0.25, -0.2) is 4.39 Å². The largest absolute Gasteiger partial charge is 0.294 e. The van der Waals surface area contributed by atoms with Crippen LogP contribution in [0.4, 0.5) is 4.39 Å². The molecule has 21 heavy (non-hydrogen) atoms. The van der Waals surface area contributed by atoms with E-state index in [-0.39, 0.29) is 18.0 Å². The van der Waals surface area contributed by atoms with Crippen molar-refractivity contribution in [1.82, 2.24) is 0 Å². The van der Waals surface area contributed by atoms with Crippen LogP contribution in [0.3, 0.4) is 0 Å². The first-order valence-corrected chi connectivity index (χ1v) is 7.22. The van der Waals surface area contributed by atoms with Crippen LogP contribution in [0.15, 0.2) is 35.7 Å². The van der Waals surface area contributed by atoms with Crippen molar-refractivity contribution in [3.63, 3.8) is 0 Å². The number of rotatable bonds is 6. The number of carbonyl (C=O) groups excluding carboxylic acids is 3. The third-order valence-electron chi connectivity index (χ3n) is 2.98. The molecule has 0 radical (unpaired) electrons. The molecule has 2 rings (SSSR count). The van der Waals surface area contributed by atoms with Gasteiger partial charge in [0.25, 0.3) is 0 Å². The molecule has 1 aromatic heterocycles. The molecule has 0 spiro atoms. The number of hydrogen-bond donors (Lipinski definition) is 0. The molecule has 1 aromatic carbocycles. The summed E-state index contributed by atoms with van der Waals surface area (Å²) in [4.78, 5) is 34.9. The lowest BCUT2D eigenvalue weighted by Crippen LogP contribution is -2.14. The Morgan fingerprint density at radius 1 is 1.14 bits per heavy atom. The maximum atomic E-state index is 12.8. The third-order valence-corrected chi connectivity index (χ3v) is 3.92. The number of carbonyl (C=O) groups is 3. The van der Waals surface area contributed by atoms with E-state index < -0.39 is 11.6 Å². The Labute approximate surface area is 125 Å². The molecular weight excluding hydrogens is 291 g/mol. The van der Waals surface area contributed by atoms with Gasteiger partial charge in [0.05, 0.1) is 6.42 Å². The molecule has 0 aliphatic rings. The van der Waals surface area contributed by atoms with Gasteiger partial charge in [0.1, 0.15) is 5.82 Å². The van der Waals surface area contributed by atoms with Crippen LogP contribution in [0.5, 0.6) is 0 Å². The van der Waals surface area contributed by atoms with Gasteiger partial charge < -0.3 is 0 Å². The maximum Gasteiger partial charge on any atom is 0.205 e. The van der Waals surface area contributed by atoms with E-state index in [1.807, 2.05) is 0 Å². The van der Waals surface area contributed by atoms with E-state index in [0.717, 1.165) is 17.4 Å². The Morgan fingerprint density at radius 3 is 2.43 bits per heavy atom. The van der Waals surface area contributed by atoms with Crippen molar-refractivity contribution in [3.8, 4) is 0 Å². The summed E-state index contributed by atoms with van der Waals surface area (Å²) in [6, 6.07) is 7.87. The van der Waals surface area contributed by atoms with Crippen molar-refractivity contribution in [2.24, 2.45) is 0 Å². The Morgan fingerprint density at radius 2 is 1.81 bits per heavy atom. The molecule has 1 heterocycles. The highest BCUT2D eigenvalue weighted by Gasteiger charge is 2.16. The summed E-state index contributed by atoms with van der Waals surface area (Å²) in [5.41, 5.74) is 1.38. The second-order valence-corrected chi connectivity index (χ2v) is 5.68. The highest BCUT2D eigenvalue weighted by Crippen LogP contribution is 2.20. The zero-order chi connectivity index (χ0) is 15.4. The zero-order valence-electron chi connectivity index (χ0n) is 11.4. The van der Waals surface area contributed by atoms with Gasteiger partial charge in [-0.15, -0.1) is 11.3 Å². The molecule has 0 saturated carbocycles. The van der Waals surface area contributed by atoms with Crippen LogP contribution in [0.2, 0.25) is 0 Å². The molecule has 2 aromatic rings. The molecular formula is C16H13FO3S. The average molecular weight is 304 g/mol. The van der Waals surface area contributed by atoms with Gasteiger partial charge in [0.15, 0.2) is 11.6 Å². The summed E-state index contributed by atoms with van der Waals surface area (Å²) >= 11 is 1.40. The quantitative estimate of drug-likeness (QED) is 0.468. The van der Waals surface area contributed by atoms with E-state index in [0.29, 0.717) is 12.0 Å². The second-order valence-electron chi connectivity index (χ2n) is 4.68. The van der Waals surface area contributed by atoms with Crippen LogP contribution < -0.4 is 0 Å². The predicted octanol–water partition coefficient (Wildman–Crippen LogP) is 3.21. The number of benzene rings is 1. The van der Waals surface area contributed by atoms with E-state index in [1.54, 1.807) is 23.6 Å². The summed E-state index contributed by atoms with van der Waals surface area (Å²) in [5.74, 6) is -1.92. The normalized spacial score (nSPS) is 10.4. The van der Waals surface area contributed by atoms with Crippen molar-refractivity contribution in [1.29, 1.82) is 0 Å². The second kappa shape index (κ2) is 6.54. The Kier molecular flexibility index (Phi) is 4.75. The predicted molar refractivity (Wildman–Crippen MR) is 78.2 cm³/mol. The minimum absolute atomic E-state index is 0.288. The number of halogens is 1. The van der Waals surface area contributed by atoms with Crippen LogP contribution in [0, 0.1) is 5.82 Å². The van der Waals surface area contributed by atoms with Gasteiger partial charge >= 0.3 is 0 Å². The lowest BCUT2D eigenvalue weighted by molar-refractivity contribution is -0.134. The minimum Gasteiger partial charge on any atom is -0.294 e. The lowest BCUT2D eigenvalue weighted by Gasteiger charge is -1.98. The highest BCUT2D eigenvalue weighted by molar-refractivity contribution is 7.10. The SMILES string of the molecule is CC(=O)C(=O)CC(=O)c1csc(Cc2ccc(F)cc2)c1. The molecule has 0 aliphatic heterocycles. The molecule has 0 saturated heterocycles. The Hall–Kier alpha value is -2.14. The minimum atomic E-state index is -0.675.